The van der Waals surface area contributed by atoms with Gasteiger partial charge in [0.1, 0.15) is 11.8 Å². The molecule has 106 valence electrons. The van der Waals surface area contributed by atoms with Gasteiger partial charge in [0.2, 0.25) is 0 Å². The first-order valence-corrected chi connectivity index (χ1v) is 6.70. The maximum absolute atomic E-state index is 11.7. The maximum Gasteiger partial charge on any atom is 0.337 e. The van der Waals surface area contributed by atoms with Crippen molar-refractivity contribution >= 4 is 16.7 Å². The summed E-state index contributed by atoms with van der Waals surface area (Å²) in [5.41, 5.74) is 2.69. The van der Waals surface area contributed by atoms with E-state index in [0.717, 1.165) is 21.9 Å². The lowest BCUT2D eigenvalue weighted by Gasteiger charge is -2.08. The molecule has 0 saturated carbocycles. The predicted octanol–water partition coefficient (Wildman–Crippen LogP) is 3.56. The minimum atomic E-state index is -0.371. The average Bonchev–Trinajstić information content (AvgIpc) is 2.60. The number of ether oxygens (including phenoxy) is 1. The lowest BCUT2D eigenvalue weighted by atomic mass is 9.97. The molecule has 0 atom stereocenters. The highest BCUT2D eigenvalue weighted by atomic mass is 16.5. The van der Waals surface area contributed by atoms with Crippen molar-refractivity contribution in [1.29, 1.82) is 5.26 Å². The standard InChI is InChI=1S/C18H12N2O2/c1-22-18(21)14-6-5-12-3-2-4-16(17(12)10-14)13-7-8-20-15(9-13)11-19/h2-10H,1H3. The molecule has 1 aromatic heterocycles. The molecule has 0 aliphatic heterocycles. The van der Waals surface area contributed by atoms with Gasteiger partial charge in [-0.1, -0.05) is 24.3 Å². The third-order valence-electron chi connectivity index (χ3n) is 3.49. The molecule has 3 rings (SSSR count). The summed E-state index contributed by atoms with van der Waals surface area (Å²) in [6.07, 6.45) is 1.61. The average molecular weight is 288 g/mol. The minimum absolute atomic E-state index is 0.360. The Morgan fingerprint density at radius 3 is 2.82 bits per heavy atom. The van der Waals surface area contributed by atoms with Gasteiger partial charge in [0.25, 0.3) is 0 Å². The Morgan fingerprint density at radius 1 is 1.18 bits per heavy atom. The van der Waals surface area contributed by atoms with Crippen LogP contribution >= 0.6 is 0 Å². The Morgan fingerprint density at radius 2 is 2.05 bits per heavy atom. The number of hydrogen-bond acceptors (Lipinski definition) is 4. The van der Waals surface area contributed by atoms with Crippen LogP contribution < -0.4 is 0 Å². The number of nitriles is 1. The van der Waals surface area contributed by atoms with Crippen LogP contribution in [0.2, 0.25) is 0 Å². The highest BCUT2D eigenvalue weighted by Gasteiger charge is 2.10. The van der Waals surface area contributed by atoms with Crippen molar-refractivity contribution in [2.45, 2.75) is 0 Å². The van der Waals surface area contributed by atoms with Crippen LogP contribution in [0.25, 0.3) is 21.9 Å². The molecular weight excluding hydrogens is 276 g/mol. The molecule has 0 spiro atoms. The van der Waals surface area contributed by atoms with Gasteiger partial charge in [-0.25, -0.2) is 9.78 Å². The first-order chi connectivity index (χ1) is 10.7. The molecule has 0 bridgehead atoms. The largest absolute Gasteiger partial charge is 0.465 e. The molecule has 22 heavy (non-hydrogen) atoms. The molecule has 0 fully saturated rings. The Hall–Kier alpha value is -3.19. The second-order valence-electron chi connectivity index (χ2n) is 4.77. The van der Waals surface area contributed by atoms with Crippen molar-refractivity contribution in [2.75, 3.05) is 7.11 Å². The van der Waals surface area contributed by atoms with E-state index in [1.54, 1.807) is 18.3 Å². The minimum Gasteiger partial charge on any atom is -0.465 e. The summed E-state index contributed by atoms with van der Waals surface area (Å²) >= 11 is 0. The van der Waals surface area contributed by atoms with Crippen LogP contribution in [-0.2, 0) is 4.74 Å². The van der Waals surface area contributed by atoms with Crippen molar-refractivity contribution in [2.24, 2.45) is 0 Å². The van der Waals surface area contributed by atoms with Crippen LogP contribution in [0, 0.1) is 11.3 Å². The first kappa shape index (κ1) is 13.8. The van der Waals surface area contributed by atoms with Crippen LogP contribution in [0.15, 0.2) is 54.7 Å². The van der Waals surface area contributed by atoms with Gasteiger partial charge in [0.05, 0.1) is 12.7 Å². The zero-order valence-electron chi connectivity index (χ0n) is 11.9. The summed E-state index contributed by atoms with van der Waals surface area (Å²) in [4.78, 5) is 15.7. The van der Waals surface area contributed by atoms with E-state index in [9.17, 15) is 4.79 Å². The van der Waals surface area contributed by atoms with Crippen LogP contribution in [0.5, 0.6) is 0 Å². The number of aromatic nitrogens is 1. The SMILES string of the molecule is COC(=O)c1ccc2cccc(-c3ccnc(C#N)c3)c2c1. The van der Waals surface area contributed by atoms with Crippen LogP contribution in [0.1, 0.15) is 16.1 Å². The second kappa shape index (κ2) is 5.66. The fourth-order valence-corrected chi connectivity index (χ4v) is 2.43. The molecule has 3 aromatic rings. The molecule has 0 saturated heterocycles. The van der Waals surface area contributed by atoms with Crippen LogP contribution in [0.3, 0.4) is 0 Å². The third-order valence-corrected chi connectivity index (χ3v) is 3.49. The smallest absolute Gasteiger partial charge is 0.337 e. The molecule has 0 N–H and O–H groups in total. The number of esters is 1. The number of fused-ring (bicyclic) bond motifs is 1. The van der Waals surface area contributed by atoms with Crippen molar-refractivity contribution in [3.8, 4) is 17.2 Å². The van der Waals surface area contributed by atoms with Crippen molar-refractivity contribution in [3.63, 3.8) is 0 Å². The topological polar surface area (TPSA) is 63.0 Å². The van der Waals surface area contributed by atoms with Crippen LogP contribution in [-0.4, -0.2) is 18.1 Å². The number of pyridine rings is 1. The van der Waals surface area contributed by atoms with Crippen molar-refractivity contribution < 1.29 is 9.53 Å². The molecule has 4 nitrogen and oxygen atoms in total. The van der Waals surface area contributed by atoms with Gasteiger partial charge in [-0.05, 0) is 46.2 Å². The number of benzene rings is 2. The number of methoxy groups -OCH3 is 1. The van der Waals surface area contributed by atoms with Crippen LogP contribution in [0.4, 0.5) is 0 Å². The van der Waals surface area contributed by atoms with Gasteiger partial charge >= 0.3 is 5.97 Å². The number of carbonyl (C=O) groups excluding carboxylic acids is 1. The number of nitrogens with zero attached hydrogens (tertiary/aromatic N) is 2. The molecule has 1 heterocycles. The molecule has 2 aromatic carbocycles. The van der Waals surface area contributed by atoms with E-state index in [-0.39, 0.29) is 5.97 Å². The molecule has 0 amide bonds. The number of hydrogen-bond donors (Lipinski definition) is 0. The van der Waals surface area contributed by atoms with E-state index < -0.39 is 0 Å². The molecule has 0 aliphatic rings. The van der Waals surface area contributed by atoms with Crippen molar-refractivity contribution in [1.82, 2.24) is 4.98 Å². The normalized spacial score (nSPS) is 10.2. The fraction of sp³-hybridized carbons (Fsp3) is 0.0556. The van der Waals surface area contributed by atoms with E-state index in [0.29, 0.717) is 11.3 Å². The number of rotatable bonds is 2. The van der Waals surface area contributed by atoms with Gasteiger partial charge in [-0.2, -0.15) is 5.26 Å². The summed E-state index contributed by atoms with van der Waals surface area (Å²) in [6, 6.07) is 16.9. The van der Waals surface area contributed by atoms with Gasteiger partial charge in [-0.15, -0.1) is 0 Å². The van der Waals surface area contributed by atoms with Gasteiger partial charge < -0.3 is 4.74 Å². The highest BCUT2D eigenvalue weighted by Crippen LogP contribution is 2.29. The summed E-state index contributed by atoms with van der Waals surface area (Å²) in [5, 5.41) is 10.9. The molecular formula is C18H12N2O2. The summed E-state index contributed by atoms with van der Waals surface area (Å²) < 4.78 is 4.78. The van der Waals surface area contributed by atoms with E-state index in [1.165, 1.54) is 7.11 Å². The molecule has 0 radical (unpaired) electrons. The van der Waals surface area contributed by atoms with E-state index >= 15 is 0 Å². The lowest BCUT2D eigenvalue weighted by Crippen LogP contribution is -2.00. The highest BCUT2D eigenvalue weighted by molar-refractivity contribution is 6.01. The van der Waals surface area contributed by atoms with Gasteiger partial charge in [0.15, 0.2) is 0 Å². The van der Waals surface area contributed by atoms with Crippen molar-refractivity contribution in [3.05, 3.63) is 66.0 Å². The zero-order valence-corrected chi connectivity index (χ0v) is 11.9. The molecule has 4 heteroatoms. The van der Waals surface area contributed by atoms with Gasteiger partial charge in [0, 0.05) is 6.20 Å². The first-order valence-electron chi connectivity index (χ1n) is 6.70. The fourth-order valence-electron chi connectivity index (χ4n) is 2.43. The third kappa shape index (κ3) is 2.40. The Labute approximate surface area is 127 Å². The van der Waals surface area contributed by atoms with E-state index in [1.807, 2.05) is 42.5 Å². The Balaban J connectivity index is 2.24. The number of carbonyl (C=O) groups is 1. The van der Waals surface area contributed by atoms with E-state index in [4.69, 9.17) is 10.00 Å². The summed E-state index contributed by atoms with van der Waals surface area (Å²) in [7, 11) is 1.36. The van der Waals surface area contributed by atoms with E-state index in [2.05, 4.69) is 4.98 Å². The summed E-state index contributed by atoms with van der Waals surface area (Å²) in [5.74, 6) is -0.371. The molecule has 0 aliphatic carbocycles. The second-order valence-corrected chi connectivity index (χ2v) is 4.77. The summed E-state index contributed by atoms with van der Waals surface area (Å²) in [6.45, 7) is 0. The zero-order chi connectivity index (χ0) is 15.5. The quantitative estimate of drug-likeness (QED) is 0.676. The predicted molar refractivity (Wildman–Crippen MR) is 83.2 cm³/mol. The monoisotopic (exact) mass is 288 g/mol. The Bertz CT molecular complexity index is 910. The maximum atomic E-state index is 11.7. The Kier molecular flexibility index (Phi) is 3.55. The lowest BCUT2D eigenvalue weighted by molar-refractivity contribution is 0.0601. The molecule has 0 unspecified atom stereocenters. The van der Waals surface area contributed by atoms with Gasteiger partial charge in [-0.3, -0.25) is 0 Å².